The molecule has 0 aliphatic carbocycles. The van der Waals surface area contributed by atoms with Crippen LogP contribution in [-0.2, 0) is 0 Å². The Morgan fingerprint density at radius 3 is 1.79 bits per heavy atom. The van der Waals surface area contributed by atoms with E-state index in [0.29, 0.717) is 0 Å². The summed E-state index contributed by atoms with van der Waals surface area (Å²) >= 11 is 0. The SMILES string of the molecule is C=C/C(=C\N(N)C(C)(C)C)C(C)(C)C. The van der Waals surface area contributed by atoms with Crippen LogP contribution in [0.1, 0.15) is 41.5 Å². The monoisotopic (exact) mass is 196 g/mol. The first-order valence-electron chi connectivity index (χ1n) is 4.98. The molecule has 0 heterocycles. The molecule has 0 aromatic carbocycles. The van der Waals surface area contributed by atoms with Crippen LogP contribution in [0.5, 0.6) is 0 Å². The van der Waals surface area contributed by atoms with E-state index in [4.69, 9.17) is 5.84 Å². The Hall–Kier alpha value is -0.760. The predicted octanol–water partition coefficient (Wildman–Crippen LogP) is 3.08. The minimum Gasteiger partial charge on any atom is -0.313 e. The van der Waals surface area contributed by atoms with Gasteiger partial charge in [-0.25, -0.2) is 5.84 Å². The van der Waals surface area contributed by atoms with Crippen molar-refractivity contribution in [2.45, 2.75) is 47.1 Å². The summed E-state index contributed by atoms with van der Waals surface area (Å²) in [5.74, 6) is 5.93. The van der Waals surface area contributed by atoms with Crippen molar-refractivity contribution in [2.75, 3.05) is 0 Å². The summed E-state index contributed by atoms with van der Waals surface area (Å²) in [6.45, 7) is 16.5. The van der Waals surface area contributed by atoms with Gasteiger partial charge in [0.25, 0.3) is 0 Å². The van der Waals surface area contributed by atoms with E-state index < -0.39 is 0 Å². The third-order valence-corrected chi connectivity index (χ3v) is 2.14. The van der Waals surface area contributed by atoms with E-state index in [-0.39, 0.29) is 11.0 Å². The van der Waals surface area contributed by atoms with Crippen molar-refractivity contribution in [2.24, 2.45) is 11.3 Å². The van der Waals surface area contributed by atoms with Gasteiger partial charge in [-0.1, -0.05) is 33.4 Å². The molecule has 0 spiro atoms. The number of nitrogens with two attached hydrogens (primary N) is 1. The van der Waals surface area contributed by atoms with E-state index >= 15 is 0 Å². The Balaban J connectivity index is 4.88. The third-order valence-electron chi connectivity index (χ3n) is 2.14. The van der Waals surface area contributed by atoms with Gasteiger partial charge >= 0.3 is 0 Å². The van der Waals surface area contributed by atoms with Crippen molar-refractivity contribution in [1.82, 2.24) is 5.01 Å². The molecular weight excluding hydrogens is 172 g/mol. The minimum atomic E-state index is -0.0560. The average Bonchev–Trinajstić information content (AvgIpc) is 1.95. The lowest BCUT2D eigenvalue weighted by Crippen LogP contribution is -2.43. The highest BCUT2D eigenvalue weighted by Crippen LogP contribution is 2.26. The summed E-state index contributed by atoms with van der Waals surface area (Å²) in [4.78, 5) is 0. The van der Waals surface area contributed by atoms with Gasteiger partial charge in [-0.3, -0.25) is 0 Å². The van der Waals surface area contributed by atoms with Crippen LogP contribution in [0.15, 0.2) is 24.4 Å². The van der Waals surface area contributed by atoms with Gasteiger partial charge in [0.05, 0.1) is 0 Å². The number of rotatable bonds is 2. The molecule has 0 aliphatic rings. The zero-order valence-corrected chi connectivity index (χ0v) is 10.4. The Kier molecular flexibility index (Phi) is 3.95. The number of nitrogens with zero attached hydrogens (tertiary/aromatic N) is 1. The molecule has 0 bridgehead atoms. The molecule has 0 aliphatic heterocycles. The van der Waals surface area contributed by atoms with Gasteiger partial charge in [0, 0.05) is 11.7 Å². The second kappa shape index (κ2) is 4.18. The van der Waals surface area contributed by atoms with E-state index in [1.165, 1.54) is 0 Å². The summed E-state index contributed by atoms with van der Waals surface area (Å²) in [5.41, 5.74) is 1.18. The van der Waals surface area contributed by atoms with Crippen LogP contribution < -0.4 is 5.84 Å². The van der Waals surface area contributed by atoms with Crippen molar-refractivity contribution in [3.8, 4) is 0 Å². The molecular formula is C12H24N2. The highest BCUT2D eigenvalue weighted by Gasteiger charge is 2.19. The molecule has 0 radical (unpaired) electrons. The molecule has 0 unspecified atom stereocenters. The zero-order chi connectivity index (χ0) is 11.6. The maximum absolute atomic E-state index is 5.93. The van der Waals surface area contributed by atoms with Gasteiger partial charge in [0.15, 0.2) is 0 Å². The van der Waals surface area contributed by atoms with Gasteiger partial charge in [-0.15, -0.1) is 0 Å². The molecule has 0 saturated heterocycles. The fourth-order valence-corrected chi connectivity index (χ4v) is 0.896. The fraction of sp³-hybridized carbons (Fsp3) is 0.667. The first-order valence-corrected chi connectivity index (χ1v) is 4.98. The van der Waals surface area contributed by atoms with Crippen molar-refractivity contribution in [3.63, 3.8) is 0 Å². The second-order valence-corrected chi connectivity index (χ2v) is 5.62. The van der Waals surface area contributed by atoms with Gasteiger partial charge in [0.2, 0.25) is 0 Å². The standard InChI is InChI=1S/C12H24N2/c1-8-10(11(2,3)4)9-14(13)12(5,6)7/h8-9H,1,13H2,2-7H3/b10-9+. The van der Waals surface area contributed by atoms with Crippen molar-refractivity contribution in [1.29, 1.82) is 0 Å². The first kappa shape index (κ1) is 13.2. The van der Waals surface area contributed by atoms with Crippen LogP contribution in [0, 0.1) is 5.41 Å². The quantitative estimate of drug-likeness (QED) is 0.418. The molecule has 2 heteroatoms. The molecule has 82 valence electrons. The van der Waals surface area contributed by atoms with Crippen LogP contribution in [0.4, 0.5) is 0 Å². The maximum atomic E-state index is 5.93. The van der Waals surface area contributed by atoms with E-state index in [9.17, 15) is 0 Å². The van der Waals surface area contributed by atoms with Crippen molar-refractivity contribution >= 4 is 0 Å². The largest absolute Gasteiger partial charge is 0.313 e. The van der Waals surface area contributed by atoms with E-state index in [1.54, 1.807) is 5.01 Å². The Bertz CT molecular complexity index is 226. The fourth-order valence-electron chi connectivity index (χ4n) is 0.896. The predicted molar refractivity (Wildman–Crippen MR) is 63.5 cm³/mol. The van der Waals surface area contributed by atoms with Crippen molar-refractivity contribution < 1.29 is 0 Å². The lowest BCUT2D eigenvalue weighted by Gasteiger charge is -2.32. The smallest absolute Gasteiger partial charge is 0.0470 e. The molecule has 0 saturated carbocycles. The maximum Gasteiger partial charge on any atom is 0.0470 e. The number of hydrogen-bond donors (Lipinski definition) is 1. The summed E-state index contributed by atoms with van der Waals surface area (Å²) < 4.78 is 0. The van der Waals surface area contributed by atoms with Gasteiger partial charge in [-0.2, -0.15) is 0 Å². The molecule has 2 nitrogen and oxygen atoms in total. The molecule has 14 heavy (non-hydrogen) atoms. The van der Waals surface area contributed by atoms with Gasteiger partial charge in [0.1, 0.15) is 0 Å². The molecule has 0 rings (SSSR count). The van der Waals surface area contributed by atoms with Crippen LogP contribution in [0.3, 0.4) is 0 Å². The number of hydrazine groups is 1. The van der Waals surface area contributed by atoms with Gasteiger partial charge in [-0.05, 0) is 31.8 Å². The number of hydrogen-bond acceptors (Lipinski definition) is 2. The van der Waals surface area contributed by atoms with Crippen LogP contribution in [0.25, 0.3) is 0 Å². The summed E-state index contributed by atoms with van der Waals surface area (Å²) in [6.07, 6.45) is 3.83. The summed E-state index contributed by atoms with van der Waals surface area (Å²) in [5, 5.41) is 1.73. The summed E-state index contributed by atoms with van der Waals surface area (Å²) in [6, 6.07) is 0. The van der Waals surface area contributed by atoms with E-state index in [1.807, 2.05) is 12.3 Å². The van der Waals surface area contributed by atoms with Gasteiger partial charge < -0.3 is 5.01 Å². The molecule has 0 aromatic rings. The Morgan fingerprint density at radius 1 is 1.14 bits per heavy atom. The molecule has 0 aromatic heterocycles. The normalized spacial score (nSPS) is 14.1. The average molecular weight is 196 g/mol. The van der Waals surface area contributed by atoms with Crippen LogP contribution in [0.2, 0.25) is 0 Å². The van der Waals surface area contributed by atoms with Crippen LogP contribution >= 0.6 is 0 Å². The molecule has 0 fully saturated rings. The molecule has 2 N–H and O–H groups in total. The highest BCUT2D eigenvalue weighted by molar-refractivity contribution is 5.22. The topological polar surface area (TPSA) is 29.3 Å². The summed E-state index contributed by atoms with van der Waals surface area (Å²) in [7, 11) is 0. The Labute approximate surface area is 88.4 Å². The second-order valence-electron chi connectivity index (χ2n) is 5.62. The first-order chi connectivity index (χ1) is 6.09. The molecule has 0 amide bonds. The molecule has 0 atom stereocenters. The van der Waals surface area contributed by atoms with E-state index in [2.05, 4.69) is 48.1 Å². The number of allylic oxidation sites excluding steroid dienone is 2. The van der Waals surface area contributed by atoms with Crippen molar-refractivity contribution in [3.05, 3.63) is 24.4 Å². The third kappa shape index (κ3) is 3.97. The zero-order valence-electron chi connectivity index (χ0n) is 10.4. The Morgan fingerprint density at radius 2 is 1.57 bits per heavy atom. The lowest BCUT2D eigenvalue weighted by atomic mass is 9.87. The minimum absolute atomic E-state index is 0.0560. The highest BCUT2D eigenvalue weighted by atomic mass is 15.4. The van der Waals surface area contributed by atoms with Crippen LogP contribution in [-0.4, -0.2) is 10.5 Å². The van der Waals surface area contributed by atoms with E-state index in [0.717, 1.165) is 5.57 Å². The lowest BCUT2D eigenvalue weighted by molar-refractivity contribution is 0.206.